The van der Waals surface area contributed by atoms with Gasteiger partial charge in [0.15, 0.2) is 18.1 Å². The number of rotatable bonds is 5. The Bertz CT molecular complexity index is 1130. The summed E-state index contributed by atoms with van der Waals surface area (Å²) in [4.78, 5) is 12.3. The highest BCUT2D eigenvalue weighted by atomic mass is 79.9. The molecular weight excluding hydrogens is 408 g/mol. The third-order valence-corrected chi connectivity index (χ3v) is 4.74. The molecule has 0 aliphatic carbocycles. The molecule has 2 heterocycles. The molecule has 1 amide bonds. The van der Waals surface area contributed by atoms with Crippen LogP contribution in [0.2, 0.25) is 0 Å². The van der Waals surface area contributed by atoms with Crippen molar-refractivity contribution in [1.29, 1.82) is 0 Å². The summed E-state index contributed by atoms with van der Waals surface area (Å²) < 4.78 is 8.53. The maximum absolute atomic E-state index is 12.3. The molecule has 2 aromatic carbocycles. The third-order valence-electron chi connectivity index (χ3n) is 4.25. The number of aromatic nitrogens is 3. The summed E-state index contributed by atoms with van der Waals surface area (Å²) in [5.74, 6) is 1.11. The second kappa shape index (κ2) is 7.36. The van der Waals surface area contributed by atoms with Crippen LogP contribution in [0.1, 0.15) is 18.8 Å². The first-order valence-corrected chi connectivity index (χ1v) is 9.30. The van der Waals surface area contributed by atoms with Gasteiger partial charge < -0.3 is 10.1 Å². The Hall–Kier alpha value is -2.93. The lowest BCUT2D eigenvalue weighted by molar-refractivity contribution is -0.123. The first-order valence-electron chi connectivity index (χ1n) is 8.51. The molecule has 0 saturated heterocycles. The standard InChI is InChI=1S/C20H17BrN4O2/c1-13(20-24-23-18-4-2-3-9-25(18)20)22-19(26)12-27-17-8-6-14-10-16(21)7-5-15(14)11-17/h2-11,13H,12H2,1H3,(H,22,26)/t13-/m0/s1. The molecule has 0 radical (unpaired) electrons. The fraction of sp³-hybridized carbons (Fsp3) is 0.150. The van der Waals surface area contributed by atoms with E-state index in [4.69, 9.17) is 4.74 Å². The van der Waals surface area contributed by atoms with E-state index in [1.54, 1.807) is 0 Å². The minimum atomic E-state index is -0.285. The number of carbonyl (C=O) groups is 1. The normalized spacial score (nSPS) is 12.2. The van der Waals surface area contributed by atoms with Crippen molar-refractivity contribution in [2.45, 2.75) is 13.0 Å². The Morgan fingerprint density at radius 3 is 2.85 bits per heavy atom. The average Bonchev–Trinajstić information content (AvgIpc) is 3.10. The van der Waals surface area contributed by atoms with E-state index in [9.17, 15) is 4.79 Å². The Labute approximate surface area is 164 Å². The first kappa shape index (κ1) is 17.5. The minimum absolute atomic E-state index is 0.0664. The van der Waals surface area contributed by atoms with Crippen molar-refractivity contribution in [1.82, 2.24) is 19.9 Å². The number of benzene rings is 2. The van der Waals surface area contributed by atoms with E-state index >= 15 is 0 Å². The van der Waals surface area contributed by atoms with Crippen LogP contribution in [0.3, 0.4) is 0 Å². The topological polar surface area (TPSA) is 68.5 Å². The molecule has 0 unspecified atom stereocenters. The zero-order valence-corrected chi connectivity index (χ0v) is 16.2. The van der Waals surface area contributed by atoms with Crippen LogP contribution < -0.4 is 10.1 Å². The number of nitrogens with one attached hydrogen (secondary N) is 1. The van der Waals surface area contributed by atoms with Crippen LogP contribution in [0.15, 0.2) is 65.3 Å². The van der Waals surface area contributed by atoms with Gasteiger partial charge in [-0.05, 0) is 54.1 Å². The van der Waals surface area contributed by atoms with Crippen molar-refractivity contribution in [2.24, 2.45) is 0 Å². The average molecular weight is 425 g/mol. The number of ether oxygens (including phenoxy) is 1. The molecule has 1 N–H and O–H groups in total. The van der Waals surface area contributed by atoms with Gasteiger partial charge in [-0.25, -0.2) is 0 Å². The Morgan fingerprint density at radius 1 is 1.15 bits per heavy atom. The van der Waals surface area contributed by atoms with E-state index in [2.05, 4.69) is 31.4 Å². The van der Waals surface area contributed by atoms with Crippen LogP contribution in [0, 0.1) is 0 Å². The number of halogens is 1. The summed E-state index contributed by atoms with van der Waals surface area (Å²) in [7, 11) is 0. The van der Waals surface area contributed by atoms with Crippen LogP contribution >= 0.6 is 15.9 Å². The quantitative estimate of drug-likeness (QED) is 0.527. The van der Waals surface area contributed by atoms with Crippen LogP contribution in [0.5, 0.6) is 5.75 Å². The lowest BCUT2D eigenvalue weighted by Crippen LogP contribution is -2.32. The molecule has 27 heavy (non-hydrogen) atoms. The van der Waals surface area contributed by atoms with Gasteiger partial charge in [0.2, 0.25) is 0 Å². The van der Waals surface area contributed by atoms with Crippen molar-refractivity contribution in [3.63, 3.8) is 0 Å². The van der Waals surface area contributed by atoms with Gasteiger partial charge in [-0.3, -0.25) is 9.20 Å². The van der Waals surface area contributed by atoms with Gasteiger partial charge >= 0.3 is 0 Å². The molecule has 0 spiro atoms. The van der Waals surface area contributed by atoms with Crippen LogP contribution in [0.4, 0.5) is 0 Å². The van der Waals surface area contributed by atoms with Gasteiger partial charge in [0.1, 0.15) is 5.75 Å². The highest BCUT2D eigenvalue weighted by molar-refractivity contribution is 9.10. The first-order chi connectivity index (χ1) is 13.1. The number of carbonyl (C=O) groups excluding carboxylic acids is 1. The third kappa shape index (κ3) is 3.78. The summed E-state index contributed by atoms with van der Waals surface area (Å²) in [6, 6.07) is 17.1. The predicted octanol–water partition coefficient (Wildman–Crippen LogP) is 3.90. The van der Waals surface area contributed by atoms with E-state index in [-0.39, 0.29) is 18.6 Å². The van der Waals surface area contributed by atoms with E-state index in [0.717, 1.165) is 20.9 Å². The van der Waals surface area contributed by atoms with Crippen molar-refractivity contribution >= 4 is 38.3 Å². The molecule has 136 valence electrons. The smallest absolute Gasteiger partial charge is 0.258 e. The van der Waals surface area contributed by atoms with Crippen LogP contribution in [0.25, 0.3) is 16.4 Å². The van der Waals surface area contributed by atoms with Gasteiger partial charge in [0.25, 0.3) is 5.91 Å². The second-order valence-corrected chi connectivity index (χ2v) is 7.13. The fourth-order valence-corrected chi connectivity index (χ4v) is 3.31. The molecule has 0 fully saturated rings. The summed E-state index contributed by atoms with van der Waals surface area (Å²) in [6.07, 6.45) is 1.87. The molecule has 6 nitrogen and oxygen atoms in total. The summed E-state index contributed by atoms with van der Waals surface area (Å²) in [5, 5.41) is 13.3. The number of amides is 1. The van der Waals surface area contributed by atoms with E-state index in [1.807, 2.05) is 72.1 Å². The molecule has 0 aliphatic heterocycles. The molecule has 1 atom stereocenters. The van der Waals surface area contributed by atoms with Crippen molar-refractivity contribution in [3.8, 4) is 5.75 Å². The van der Waals surface area contributed by atoms with Crippen LogP contribution in [-0.4, -0.2) is 27.1 Å². The molecule has 7 heteroatoms. The number of hydrogen-bond acceptors (Lipinski definition) is 4. The van der Waals surface area contributed by atoms with E-state index < -0.39 is 0 Å². The lowest BCUT2D eigenvalue weighted by Gasteiger charge is -2.13. The molecule has 0 aliphatic rings. The number of pyridine rings is 1. The maximum atomic E-state index is 12.3. The van der Waals surface area contributed by atoms with Crippen molar-refractivity contribution < 1.29 is 9.53 Å². The van der Waals surface area contributed by atoms with Crippen molar-refractivity contribution in [3.05, 3.63) is 71.1 Å². The SMILES string of the molecule is C[C@H](NC(=O)COc1ccc2cc(Br)ccc2c1)c1nnc2ccccn12. The zero-order chi connectivity index (χ0) is 18.8. The fourth-order valence-electron chi connectivity index (χ4n) is 2.94. The van der Waals surface area contributed by atoms with Gasteiger partial charge in [-0.15, -0.1) is 10.2 Å². The molecule has 2 aromatic heterocycles. The molecule has 4 rings (SSSR count). The Balaban J connectivity index is 1.40. The molecule has 0 bridgehead atoms. The largest absolute Gasteiger partial charge is 0.484 e. The summed E-state index contributed by atoms with van der Waals surface area (Å²) in [5.41, 5.74) is 0.743. The molecule has 0 saturated carbocycles. The van der Waals surface area contributed by atoms with Gasteiger partial charge in [0, 0.05) is 10.7 Å². The van der Waals surface area contributed by atoms with Gasteiger partial charge in [-0.2, -0.15) is 0 Å². The van der Waals surface area contributed by atoms with Gasteiger partial charge in [0.05, 0.1) is 6.04 Å². The monoisotopic (exact) mass is 424 g/mol. The zero-order valence-electron chi connectivity index (χ0n) is 14.6. The summed E-state index contributed by atoms with van der Waals surface area (Å²) in [6.45, 7) is 1.80. The Morgan fingerprint density at radius 2 is 1.96 bits per heavy atom. The van der Waals surface area contributed by atoms with E-state index in [1.165, 1.54) is 0 Å². The number of fused-ring (bicyclic) bond motifs is 2. The maximum Gasteiger partial charge on any atom is 0.258 e. The lowest BCUT2D eigenvalue weighted by atomic mass is 10.1. The molecular formula is C20H17BrN4O2. The predicted molar refractivity (Wildman–Crippen MR) is 107 cm³/mol. The highest BCUT2D eigenvalue weighted by Gasteiger charge is 2.16. The Kier molecular flexibility index (Phi) is 4.77. The molecule has 4 aromatic rings. The van der Waals surface area contributed by atoms with Crippen molar-refractivity contribution in [2.75, 3.05) is 6.61 Å². The summed E-state index contributed by atoms with van der Waals surface area (Å²) >= 11 is 3.46. The van der Waals surface area contributed by atoms with E-state index in [0.29, 0.717) is 11.6 Å². The highest BCUT2D eigenvalue weighted by Crippen LogP contribution is 2.24. The second-order valence-electron chi connectivity index (χ2n) is 6.22. The number of hydrogen-bond donors (Lipinski definition) is 1. The minimum Gasteiger partial charge on any atom is -0.484 e. The van der Waals surface area contributed by atoms with Crippen LogP contribution in [-0.2, 0) is 4.79 Å². The number of nitrogens with zero attached hydrogens (tertiary/aromatic N) is 3. The van der Waals surface area contributed by atoms with Gasteiger partial charge in [-0.1, -0.05) is 34.1 Å².